The molecular weight excluding hydrogens is 210 g/mol. The predicted octanol–water partition coefficient (Wildman–Crippen LogP) is 2.54. The van der Waals surface area contributed by atoms with Crippen molar-refractivity contribution in [1.82, 2.24) is 5.32 Å². The van der Waals surface area contributed by atoms with Crippen LogP contribution in [0.15, 0.2) is 48.5 Å². The van der Waals surface area contributed by atoms with Gasteiger partial charge in [-0.25, -0.2) is 0 Å². The molecule has 0 bridgehead atoms. The molecule has 1 amide bonds. The van der Waals surface area contributed by atoms with Crippen LogP contribution in [-0.4, -0.2) is 13.0 Å². The summed E-state index contributed by atoms with van der Waals surface area (Å²) in [6.07, 6.45) is 0. The third kappa shape index (κ3) is 1.37. The number of benzene rings is 2. The van der Waals surface area contributed by atoms with Crippen LogP contribution in [0.1, 0.15) is 17.0 Å². The second kappa shape index (κ2) is 3.74. The molecule has 0 saturated carbocycles. The summed E-state index contributed by atoms with van der Waals surface area (Å²) in [5.74, 6) is -0.102. The van der Waals surface area contributed by atoms with Gasteiger partial charge in [0.2, 0.25) is 5.91 Å². The minimum Gasteiger partial charge on any atom is -0.358 e. The van der Waals surface area contributed by atoms with E-state index in [-0.39, 0.29) is 11.8 Å². The second-order valence-electron chi connectivity index (χ2n) is 4.22. The number of carbonyl (C=O) groups is 1. The van der Waals surface area contributed by atoms with Gasteiger partial charge in [0, 0.05) is 7.05 Å². The maximum Gasteiger partial charge on any atom is 0.231 e. The van der Waals surface area contributed by atoms with Crippen molar-refractivity contribution >= 4 is 5.91 Å². The standard InChI is InChI=1S/C15H13NO/c1-16-15(17)14-12-8-4-2-6-10(12)11-7-3-5-9-13(11)14/h2-9,14H,1H3,(H,16,17). The van der Waals surface area contributed by atoms with Crippen LogP contribution < -0.4 is 5.32 Å². The van der Waals surface area contributed by atoms with E-state index in [1.807, 2.05) is 36.4 Å². The zero-order valence-electron chi connectivity index (χ0n) is 9.60. The molecule has 84 valence electrons. The highest BCUT2D eigenvalue weighted by Crippen LogP contribution is 2.44. The Balaban J connectivity index is 2.27. The first-order chi connectivity index (χ1) is 8.33. The summed E-state index contributed by atoms with van der Waals surface area (Å²) in [5.41, 5.74) is 4.56. The number of fused-ring (bicyclic) bond motifs is 3. The van der Waals surface area contributed by atoms with E-state index in [1.54, 1.807) is 7.05 Å². The Labute approximate surface area is 100 Å². The first-order valence-electron chi connectivity index (χ1n) is 5.72. The lowest BCUT2D eigenvalue weighted by Crippen LogP contribution is -2.25. The van der Waals surface area contributed by atoms with E-state index in [2.05, 4.69) is 17.4 Å². The zero-order chi connectivity index (χ0) is 11.8. The van der Waals surface area contributed by atoms with Crippen molar-refractivity contribution in [3.63, 3.8) is 0 Å². The van der Waals surface area contributed by atoms with Crippen LogP contribution in [0.5, 0.6) is 0 Å². The first kappa shape index (κ1) is 10.1. The number of amides is 1. The smallest absolute Gasteiger partial charge is 0.231 e. The van der Waals surface area contributed by atoms with Crippen molar-refractivity contribution in [2.75, 3.05) is 7.05 Å². The summed E-state index contributed by atoms with van der Waals surface area (Å²) < 4.78 is 0. The maximum absolute atomic E-state index is 12.0. The molecule has 0 unspecified atom stereocenters. The molecule has 3 rings (SSSR count). The van der Waals surface area contributed by atoms with Gasteiger partial charge in [0.05, 0.1) is 5.92 Å². The lowest BCUT2D eigenvalue weighted by Gasteiger charge is -2.11. The highest BCUT2D eigenvalue weighted by atomic mass is 16.1. The van der Waals surface area contributed by atoms with Crippen LogP contribution in [0.3, 0.4) is 0 Å². The quantitative estimate of drug-likeness (QED) is 0.791. The summed E-state index contributed by atoms with van der Waals surface area (Å²) in [7, 11) is 1.69. The van der Waals surface area contributed by atoms with Gasteiger partial charge < -0.3 is 5.32 Å². The van der Waals surface area contributed by atoms with Crippen molar-refractivity contribution in [2.45, 2.75) is 5.92 Å². The molecule has 2 nitrogen and oxygen atoms in total. The lowest BCUT2D eigenvalue weighted by atomic mass is 9.96. The summed E-state index contributed by atoms with van der Waals surface area (Å²) in [5, 5.41) is 2.75. The number of nitrogens with one attached hydrogen (secondary N) is 1. The second-order valence-corrected chi connectivity index (χ2v) is 4.22. The van der Waals surface area contributed by atoms with E-state index in [1.165, 1.54) is 11.1 Å². The van der Waals surface area contributed by atoms with E-state index in [0.717, 1.165) is 11.1 Å². The molecule has 0 radical (unpaired) electrons. The third-order valence-corrected chi connectivity index (χ3v) is 3.34. The molecule has 0 heterocycles. The fourth-order valence-electron chi connectivity index (χ4n) is 2.58. The Kier molecular flexibility index (Phi) is 2.22. The van der Waals surface area contributed by atoms with Gasteiger partial charge >= 0.3 is 0 Å². The average molecular weight is 223 g/mol. The summed E-state index contributed by atoms with van der Waals surface area (Å²) in [6.45, 7) is 0. The summed E-state index contributed by atoms with van der Waals surface area (Å²) in [4.78, 5) is 12.0. The van der Waals surface area contributed by atoms with E-state index in [9.17, 15) is 4.79 Å². The topological polar surface area (TPSA) is 29.1 Å². The van der Waals surface area contributed by atoms with E-state index in [0.29, 0.717) is 0 Å². The molecular formula is C15H13NO. The molecule has 1 N–H and O–H groups in total. The fraction of sp³-hybridized carbons (Fsp3) is 0.133. The zero-order valence-corrected chi connectivity index (χ0v) is 9.60. The number of carbonyl (C=O) groups excluding carboxylic acids is 1. The minimum atomic E-state index is -0.160. The average Bonchev–Trinajstić information content (AvgIpc) is 2.72. The molecule has 2 aromatic carbocycles. The Morgan fingerprint density at radius 3 is 1.88 bits per heavy atom. The van der Waals surface area contributed by atoms with Crippen molar-refractivity contribution in [2.24, 2.45) is 0 Å². The van der Waals surface area contributed by atoms with Crippen LogP contribution in [-0.2, 0) is 4.79 Å². The van der Waals surface area contributed by atoms with Gasteiger partial charge in [-0.1, -0.05) is 48.5 Å². The number of likely N-dealkylation sites (N-methyl/N-ethyl adjacent to an activating group) is 1. The van der Waals surface area contributed by atoms with Gasteiger partial charge in [0.15, 0.2) is 0 Å². The molecule has 0 spiro atoms. The molecule has 1 aliphatic carbocycles. The van der Waals surface area contributed by atoms with Crippen LogP contribution in [0.25, 0.3) is 11.1 Å². The number of hydrogen-bond donors (Lipinski definition) is 1. The molecule has 0 fully saturated rings. The molecule has 17 heavy (non-hydrogen) atoms. The van der Waals surface area contributed by atoms with Gasteiger partial charge in [-0.3, -0.25) is 4.79 Å². The van der Waals surface area contributed by atoms with Crippen LogP contribution in [0.2, 0.25) is 0 Å². The SMILES string of the molecule is CNC(=O)C1c2ccccc2-c2ccccc21. The fourth-order valence-corrected chi connectivity index (χ4v) is 2.58. The summed E-state index contributed by atoms with van der Waals surface area (Å²) >= 11 is 0. The van der Waals surface area contributed by atoms with Gasteiger partial charge in [0.1, 0.15) is 0 Å². The van der Waals surface area contributed by atoms with E-state index < -0.39 is 0 Å². The highest BCUT2D eigenvalue weighted by molar-refractivity contribution is 5.96. The van der Waals surface area contributed by atoms with Gasteiger partial charge in [-0.15, -0.1) is 0 Å². The van der Waals surface area contributed by atoms with Crippen molar-refractivity contribution in [3.8, 4) is 11.1 Å². The van der Waals surface area contributed by atoms with Gasteiger partial charge in [0.25, 0.3) is 0 Å². The van der Waals surface area contributed by atoms with Gasteiger partial charge in [-0.2, -0.15) is 0 Å². The van der Waals surface area contributed by atoms with Crippen LogP contribution >= 0.6 is 0 Å². The minimum absolute atomic E-state index is 0.0578. The van der Waals surface area contributed by atoms with Crippen molar-refractivity contribution in [1.29, 1.82) is 0 Å². The molecule has 2 aromatic rings. The van der Waals surface area contributed by atoms with Crippen LogP contribution in [0.4, 0.5) is 0 Å². The van der Waals surface area contributed by atoms with Crippen molar-refractivity contribution in [3.05, 3.63) is 59.7 Å². The van der Waals surface area contributed by atoms with Gasteiger partial charge in [-0.05, 0) is 22.3 Å². The Bertz CT molecular complexity index is 543. The molecule has 0 atom stereocenters. The maximum atomic E-state index is 12.0. The summed E-state index contributed by atoms with van der Waals surface area (Å²) in [6, 6.07) is 16.2. The molecule has 2 heteroatoms. The Morgan fingerprint density at radius 2 is 1.41 bits per heavy atom. The molecule has 0 aliphatic heterocycles. The highest BCUT2D eigenvalue weighted by Gasteiger charge is 2.32. The largest absolute Gasteiger partial charge is 0.358 e. The lowest BCUT2D eigenvalue weighted by molar-refractivity contribution is -0.121. The third-order valence-electron chi connectivity index (χ3n) is 3.34. The monoisotopic (exact) mass is 223 g/mol. The molecule has 0 saturated heterocycles. The number of rotatable bonds is 1. The predicted molar refractivity (Wildman–Crippen MR) is 67.8 cm³/mol. The Hall–Kier alpha value is -2.09. The molecule has 0 aromatic heterocycles. The number of hydrogen-bond acceptors (Lipinski definition) is 1. The van der Waals surface area contributed by atoms with E-state index >= 15 is 0 Å². The van der Waals surface area contributed by atoms with Crippen molar-refractivity contribution < 1.29 is 4.79 Å². The van der Waals surface area contributed by atoms with E-state index in [4.69, 9.17) is 0 Å². The Morgan fingerprint density at radius 1 is 0.941 bits per heavy atom. The molecule has 1 aliphatic rings. The first-order valence-corrected chi connectivity index (χ1v) is 5.72. The van der Waals surface area contributed by atoms with Crippen LogP contribution in [0, 0.1) is 0 Å². The normalized spacial score (nSPS) is 13.0.